The molecular formula is C17H24N2O3. The van der Waals surface area contributed by atoms with Crippen LogP contribution in [0.1, 0.15) is 25.3 Å². The minimum absolute atomic E-state index is 0.0135. The zero-order valence-electron chi connectivity index (χ0n) is 13.3. The summed E-state index contributed by atoms with van der Waals surface area (Å²) in [5.41, 5.74) is 1.15. The Morgan fingerprint density at radius 3 is 2.73 bits per heavy atom. The monoisotopic (exact) mass is 304 g/mol. The van der Waals surface area contributed by atoms with Gasteiger partial charge in [-0.2, -0.15) is 0 Å². The first-order valence-electron chi connectivity index (χ1n) is 7.82. The van der Waals surface area contributed by atoms with Crippen molar-refractivity contribution in [3.8, 4) is 5.75 Å². The van der Waals surface area contributed by atoms with Crippen LogP contribution in [0.5, 0.6) is 5.75 Å². The van der Waals surface area contributed by atoms with Crippen LogP contribution in [-0.4, -0.2) is 43.5 Å². The number of amides is 2. The highest BCUT2D eigenvalue weighted by molar-refractivity contribution is 5.89. The van der Waals surface area contributed by atoms with Gasteiger partial charge in [0, 0.05) is 26.1 Å². The Labute approximate surface area is 131 Å². The van der Waals surface area contributed by atoms with Gasteiger partial charge in [-0.3, -0.25) is 9.59 Å². The van der Waals surface area contributed by atoms with Crippen LogP contribution >= 0.6 is 0 Å². The Morgan fingerprint density at radius 1 is 1.36 bits per heavy atom. The van der Waals surface area contributed by atoms with E-state index in [9.17, 15) is 9.59 Å². The summed E-state index contributed by atoms with van der Waals surface area (Å²) in [6, 6.07) is 7.81. The Morgan fingerprint density at radius 2 is 2.09 bits per heavy atom. The quantitative estimate of drug-likeness (QED) is 0.832. The molecule has 0 aliphatic carbocycles. The number of carbonyl (C=O) groups is 2. The molecule has 22 heavy (non-hydrogen) atoms. The molecule has 0 saturated carbocycles. The fraction of sp³-hybridized carbons (Fsp3) is 0.529. The number of nitrogens with zero attached hydrogens (tertiary/aromatic N) is 1. The van der Waals surface area contributed by atoms with Gasteiger partial charge < -0.3 is 15.0 Å². The number of rotatable bonds is 7. The standard InChI is InChI=1S/C17H24N2O3/c1-3-10-19-12-14(11-16(19)20)17(21)18-9-8-13-4-6-15(22-2)7-5-13/h4-7,14H,3,8-12H2,1-2H3,(H,18,21). The number of nitrogens with one attached hydrogen (secondary N) is 1. The van der Waals surface area contributed by atoms with Gasteiger partial charge in [-0.1, -0.05) is 19.1 Å². The fourth-order valence-electron chi connectivity index (χ4n) is 2.70. The Balaban J connectivity index is 1.74. The van der Waals surface area contributed by atoms with E-state index >= 15 is 0 Å². The highest BCUT2D eigenvalue weighted by Gasteiger charge is 2.33. The first-order valence-corrected chi connectivity index (χ1v) is 7.82. The predicted octanol–water partition coefficient (Wildman–Crippen LogP) is 1.61. The van der Waals surface area contributed by atoms with E-state index in [1.54, 1.807) is 12.0 Å². The Bertz CT molecular complexity index is 513. The molecule has 1 unspecified atom stereocenters. The SMILES string of the molecule is CCCN1CC(C(=O)NCCc2ccc(OC)cc2)CC1=O. The second-order valence-corrected chi connectivity index (χ2v) is 5.63. The summed E-state index contributed by atoms with van der Waals surface area (Å²) in [5.74, 6) is 0.709. The van der Waals surface area contributed by atoms with Crippen molar-refractivity contribution < 1.29 is 14.3 Å². The Hall–Kier alpha value is -2.04. The first kappa shape index (κ1) is 16.3. The topological polar surface area (TPSA) is 58.6 Å². The smallest absolute Gasteiger partial charge is 0.225 e. The fourth-order valence-corrected chi connectivity index (χ4v) is 2.70. The minimum atomic E-state index is -0.199. The molecule has 0 bridgehead atoms. The summed E-state index contributed by atoms with van der Waals surface area (Å²) in [6.45, 7) is 3.93. The van der Waals surface area contributed by atoms with Crippen LogP contribution in [0.2, 0.25) is 0 Å². The molecule has 120 valence electrons. The van der Waals surface area contributed by atoms with Crippen LogP contribution < -0.4 is 10.1 Å². The molecule has 1 aliphatic heterocycles. The predicted molar refractivity (Wildman–Crippen MR) is 84.7 cm³/mol. The van der Waals surface area contributed by atoms with Crippen molar-refractivity contribution in [1.29, 1.82) is 0 Å². The maximum absolute atomic E-state index is 12.1. The number of benzene rings is 1. The number of carbonyl (C=O) groups excluding carboxylic acids is 2. The maximum Gasteiger partial charge on any atom is 0.225 e. The average Bonchev–Trinajstić information content (AvgIpc) is 2.89. The van der Waals surface area contributed by atoms with Gasteiger partial charge in [-0.25, -0.2) is 0 Å². The summed E-state index contributed by atoms with van der Waals surface area (Å²) in [6.07, 6.45) is 2.04. The number of hydrogen-bond acceptors (Lipinski definition) is 3. The lowest BCUT2D eigenvalue weighted by molar-refractivity contribution is -0.129. The molecular weight excluding hydrogens is 280 g/mol. The zero-order valence-corrected chi connectivity index (χ0v) is 13.3. The van der Waals surface area contributed by atoms with E-state index < -0.39 is 0 Å². The van der Waals surface area contributed by atoms with E-state index in [1.807, 2.05) is 31.2 Å². The molecule has 1 heterocycles. The van der Waals surface area contributed by atoms with E-state index in [0.29, 0.717) is 19.5 Å². The van der Waals surface area contributed by atoms with Gasteiger partial charge in [0.2, 0.25) is 11.8 Å². The van der Waals surface area contributed by atoms with Gasteiger partial charge in [0.15, 0.2) is 0 Å². The van der Waals surface area contributed by atoms with Crippen LogP contribution in [0.15, 0.2) is 24.3 Å². The summed E-state index contributed by atoms with van der Waals surface area (Å²) in [5, 5.41) is 2.94. The summed E-state index contributed by atoms with van der Waals surface area (Å²) < 4.78 is 5.11. The second kappa shape index (κ2) is 7.82. The molecule has 2 amide bonds. The highest BCUT2D eigenvalue weighted by Crippen LogP contribution is 2.18. The van der Waals surface area contributed by atoms with Gasteiger partial charge in [0.1, 0.15) is 5.75 Å². The highest BCUT2D eigenvalue weighted by atomic mass is 16.5. The van der Waals surface area contributed by atoms with Crippen molar-refractivity contribution in [3.05, 3.63) is 29.8 Å². The van der Waals surface area contributed by atoms with Crippen molar-refractivity contribution in [3.63, 3.8) is 0 Å². The Kier molecular flexibility index (Phi) is 5.81. The molecule has 1 saturated heterocycles. The third kappa shape index (κ3) is 4.23. The van der Waals surface area contributed by atoms with Gasteiger partial charge in [-0.15, -0.1) is 0 Å². The summed E-state index contributed by atoms with van der Waals surface area (Å²) in [7, 11) is 1.64. The van der Waals surface area contributed by atoms with Crippen LogP contribution in [0.4, 0.5) is 0 Å². The number of methoxy groups -OCH3 is 1. The molecule has 1 atom stereocenters. The molecule has 1 N–H and O–H groups in total. The van der Waals surface area contributed by atoms with Crippen molar-refractivity contribution in [2.75, 3.05) is 26.7 Å². The van der Waals surface area contributed by atoms with Crippen LogP contribution in [-0.2, 0) is 16.0 Å². The van der Waals surface area contributed by atoms with Gasteiger partial charge in [-0.05, 0) is 30.5 Å². The van der Waals surface area contributed by atoms with Gasteiger partial charge >= 0.3 is 0 Å². The van der Waals surface area contributed by atoms with E-state index in [-0.39, 0.29) is 17.7 Å². The van der Waals surface area contributed by atoms with E-state index in [2.05, 4.69) is 5.32 Å². The molecule has 5 nitrogen and oxygen atoms in total. The maximum atomic E-state index is 12.1. The van der Waals surface area contributed by atoms with Crippen molar-refractivity contribution in [2.45, 2.75) is 26.2 Å². The molecule has 0 aromatic heterocycles. The normalized spacial score (nSPS) is 17.6. The largest absolute Gasteiger partial charge is 0.497 e. The molecule has 0 spiro atoms. The molecule has 1 aromatic carbocycles. The first-order chi connectivity index (χ1) is 10.6. The van der Waals surface area contributed by atoms with Crippen LogP contribution in [0.3, 0.4) is 0 Å². The lowest BCUT2D eigenvalue weighted by Gasteiger charge is -2.15. The van der Waals surface area contributed by atoms with Crippen molar-refractivity contribution in [2.24, 2.45) is 5.92 Å². The molecule has 1 fully saturated rings. The van der Waals surface area contributed by atoms with Crippen LogP contribution in [0, 0.1) is 5.92 Å². The molecule has 5 heteroatoms. The molecule has 0 radical (unpaired) electrons. The van der Waals surface area contributed by atoms with E-state index in [1.165, 1.54) is 0 Å². The van der Waals surface area contributed by atoms with Crippen molar-refractivity contribution >= 4 is 11.8 Å². The number of likely N-dealkylation sites (tertiary alicyclic amines) is 1. The lowest BCUT2D eigenvalue weighted by atomic mass is 10.1. The van der Waals surface area contributed by atoms with Crippen molar-refractivity contribution in [1.82, 2.24) is 10.2 Å². The molecule has 1 aliphatic rings. The molecule has 2 rings (SSSR count). The lowest BCUT2D eigenvalue weighted by Crippen LogP contribution is -2.34. The minimum Gasteiger partial charge on any atom is -0.497 e. The molecule has 1 aromatic rings. The third-order valence-electron chi connectivity index (χ3n) is 3.95. The van der Waals surface area contributed by atoms with Gasteiger partial charge in [0.05, 0.1) is 13.0 Å². The number of hydrogen-bond donors (Lipinski definition) is 1. The summed E-state index contributed by atoms with van der Waals surface area (Å²) >= 11 is 0. The third-order valence-corrected chi connectivity index (χ3v) is 3.95. The van der Waals surface area contributed by atoms with Crippen LogP contribution in [0.25, 0.3) is 0 Å². The number of ether oxygens (including phenoxy) is 1. The van der Waals surface area contributed by atoms with E-state index in [0.717, 1.165) is 30.7 Å². The average molecular weight is 304 g/mol. The van der Waals surface area contributed by atoms with Gasteiger partial charge in [0.25, 0.3) is 0 Å². The van der Waals surface area contributed by atoms with E-state index in [4.69, 9.17) is 4.74 Å². The zero-order chi connectivity index (χ0) is 15.9. The summed E-state index contributed by atoms with van der Waals surface area (Å²) in [4.78, 5) is 25.7. The second-order valence-electron chi connectivity index (χ2n) is 5.63.